The van der Waals surface area contributed by atoms with Crippen LogP contribution in [0.1, 0.15) is 24.8 Å². The van der Waals surface area contributed by atoms with Crippen LogP contribution in [0.25, 0.3) is 6.08 Å². The van der Waals surface area contributed by atoms with Crippen molar-refractivity contribution in [2.24, 2.45) is 5.92 Å². The first-order chi connectivity index (χ1) is 9.29. The molecular weight excluding hydrogens is 238 g/mol. The Morgan fingerprint density at radius 1 is 1.37 bits per heavy atom. The average Bonchev–Trinajstić information content (AvgIpc) is 2.46. The summed E-state index contributed by atoms with van der Waals surface area (Å²) in [6.45, 7) is 1.82. The fraction of sp³-hybridized carbons (Fsp3) is 0.438. The Bertz CT molecular complexity index is 426. The minimum atomic E-state index is 0.0755. The molecule has 102 valence electrons. The van der Waals surface area contributed by atoms with Crippen LogP contribution in [-0.4, -0.2) is 35.6 Å². The summed E-state index contributed by atoms with van der Waals surface area (Å²) in [5, 5.41) is 8.98. The second-order valence-corrected chi connectivity index (χ2v) is 5.05. The number of aliphatic hydroxyl groups excluding tert-OH is 1. The van der Waals surface area contributed by atoms with Gasteiger partial charge < -0.3 is 10.0 Å². The fourth-order valence-corrected chi connectivity index (χ4v) is 2.52. The molecule has 0 saturated carbocycles. The summed E-state index contributed by atoms with van der Waals surface area (Å²) in [7, 11) is 0. The Balaban J connectivity index is 1.90. The minimum Gasteiger partial charge on any atom is -0.396 e. The summed E-state index contributed by atoms with van der Waals surface area (Å²) in [5.74, 6) is 0.527. The van der Waals surface area contributed by atoms with Gasteiger partial charge in [-0.25, -0.2) is 0 Å². The molecule has 0 radical (unpaired) electrons. The fourth-order valence-electron chi connectivity index (χ4n) is 2.52. The largest absolute Gasteiger partial charge is 0.396 e. The SMILES string of the molecule is O=C(/C=C/c1ccccc1)N1CCCC(CCO)C1. The van der Waals surface area contributed by atoms with E-state index in [1.165, 1.54) is 0 Å². The van der Waals surface area contributed by atoms with Crippen molar-refractivity contribution < 1.29 is 9.90 Å². The van der Waals surface area contributed by atoms with Crippen molar-refractivity contribution in [1.29, 1.82) is 0 Å². The van der Waals surface area contributed by atoms with Crippen LogP contribution in [-0.2, 0) is 4.79 Å². The molecule has 1 fully saturated rings. The normalized spacial score (nSPS) is 19.8. The number of amides is 1. The zero-order valence-corrected chi connectivity index (χ0v) is 11.2. The van der Waals surface area contributed by atoms with E-state index in [1.54, 1.807) is 6.08 Å². The number of carbonyl (C=O) groups excluding carboxylic acids is 1. The molecule has 0 aromatic heterocycles. The van der Waals surface area contributed by atoms with E-state index in [0.717, 1.165) is 37.9 Å². The molecule has 1 atom stereocenters. The van der Waals surface area contributed by atoms with Gasteiger partial charge in [0.15, 0.2) is 0 Å². The summed E-state index contributed by atoms with van der Waals surface area (Å²) in [4.78, 5) is 14.0. The zero-order chi connectivity index (χ0) is 13.5. The predicted molar refractivity (Wildman–Crippen MR) is 76.5 cm³/mol. The molecule has 0 aliphatic carbocycles. The van der Waals surface area contributed by atoms with Crippen molar-refractivity contribution >= 4 is 12.0 Å². The number of likely N-dealkylation sites (tertiary alicyclic amines) is 1. The predicted octanol–water partition coefficient (Wildman–Crippen LogP) is 2.32. The molecule has 1 aromatic rings. The molecule has 1 heterocycles. The van der Waals surface area contributed by atoms with Crippen molar-refractivity contribution in [3.63, 3.8) is 0 Å². The molecule has 3 heteroatoms. The van der Waals surface area contributed by atoms with Gasteiger partial charge in [-0.05, 0) is 36.8 Å². The van der Waals surface area contributed by atoms with Gasteiger partial charge in [-0.15, -0.1) is 0 Å². The summed E-state index contributed by atoms with van der Waals surface area (Å²) >= 11 is 0. The summed E-state index contributed by atoms with van der Waals surface area (Å²) in [6.07, 6.45) is 6.46. The molecule has 0 bridgehead atoms. The zero-order valence-electron chi connectivity index (χ0n) is 11.2. The summed E-state index contributed by atoms with van der Waals surface area (Å²) in [5.41, 5.74) is 1.04. The van der Waals surface area contributed by atoms with Gasteiger partial charge in [-0.2, -0.15) is 0 Å². The molecule has 1 aliphatic heterocycles. The molecule has 19 heavy (non-hydrogen) atoms. The van der Waals surface area contributed by atoms with E-state index in [9.17, 15) is 4.79 Å². The van der Waals surface area contributed by atoms with E-state index in [-0.39, 0.29) is 12.5 Å². The molecule has 1 amide bonds. The van der Waals surface area contributed by atoms with Gasteiger partial charge in [0, 0.05) is 25.8 Å². The Morgan fingerprint density at radius 2 is 2.16 bits per heavy atom. The number of hydrogen-bond acceptors (Lipinski definition) is 2. The lowest BCUT2D eigenvalue weighted by Crippen LogP contribution is -2.39. The highest BCUT2D eigenvalue weighted by atomic mass is 16.3. The molecule has 1 saturated heterocycles. The van der Waals surface area contributed by atoms with Gasteiger partial charge in [0.05, 0.1) is 0 Å². The molecule has 1 aliphatic rings. The third-order valence-corrected chi connectivity index (χ3v) is 3.59. The Kier molecular flexibility index (Phi) is 5.16. The van der Waals surface area contributed by atoms with Crippen molar-refractivity contribution in [3.8, 4) is 0 Å². The average molecular weight is 259 g/mol. The van der Waals surface area contributed by atoms with Crippen LogP contribution in [0, 0.1) is 5.92 Å². The number of rotatable bonds is 4. The van der Waals surface area contributed by atoms with Crippen LogP contribution in [0.5, 0.6) is 0 Å². The van der Waals surface area contributed by atoms with Gasteiger partial charge in [0.2, 0.25) is 5.91 Å². The van der Waals surface area contributed by atoms with Crippen LogP contribution in [0.3, 0.4) is 0 Å². The van der Waals surface area contributed by atoms with Crippen molar-refractivity contribution in [3.05, 3.63) is 42.0 Å². The van der Waals surface area contributed by atoms with Gasteiger partial charge in [0.1, 0.15) is 0 Å². The molecule has 2 rings (SSSR count). The van der Waals surface area contributed by atoms with E-state index >= 15 is 0 Å². The minimum absolute atomic E-state index is 0.0755. The van der Waals surface area contributed by atoms with E-state index < -0.39 is 0 Å². The van der Waals surface area contributed by atoms with Crippen molar-refractivity contribution in [1.82, 2.24) is 4.90 Å². The Labute approximate surface area is 114 Å². The molecule has 1 aromatic carbocycles. The quantitative estimate of drug-likeness (QED) is 0.843. The number of nitrogens with zero attached hydrogens (tertiary/aromatic N) is 1. The van der Waals surface area contributed by atoms with E-state index in [2.05, 4.69) is 0 Å². The first kappa shape index (κ1) is 13.8. The highest BCUT2D eigenvalue weighted by molar-refractivity contribution is 5.91. The highest BCUT2D eigenvalue weighted by Crippen LogP contribution is 2.19. The van der Waals surface area contributed by atoms with E-state index in [1.807, 2.05) is 41.3 Å². The van der Waals surface area contributed by atoms with Gasteiger partial charge in [-0.1, -0.05) is 30.3 Å². The second-order valence-electron chi connectivity index (χ2n) is 5.05. The monoisotopic (exact) mass is 259 g/mol. The van der Waals surface area contributed by atoms with Gasteiger partial charge >= 0.3 is 0 Å². The molecule has 1 N–H and O–H groups in total. The molecular formula is C16H21NO2. The summed E-state index contributed by atoms with van der Waals surface area (Å²) < 4.78 is 0. The first-order valence-electron chi connectivity index (χ1n) is 6.92. The van der Waals surface area contributed by atoms with Crippen LogP contribution in [0.2, 0.25) is 0 Å². The van der Waals surface area contributed by atoms with E-state index in [4.69, 9.17) is 5.11 Å². The third kappa shape index (κ3) is 4.21. The number of aliphatic hydroxyl groups is 1. The maximum Gasteiger partial charge on any atom is 0.246 e. The maximum absolute atomic E-state index is 12.1. The number of piperidine rings is 1. The maximum atomic E-state index is 12.1. The Hall–Kier alpha value is -1.61. The lowest BCUT2D eigenvalue weighted by Gasteiger charge is -2.31. The van der Waals surface area contributed by atoms with Crippen LogP contribution < -0.4 is 0 Å². The smallest absolute Gasteiger partial charge is 0.246 e. The number of benzene rings is 1. The van der Waals surface area contributed by atoms with E-state index in [0.29, 0.717) is 5.92 Å². The lowest BCUT2D eigenvalue weighted by molar-refractivity contribution is -0.127. The molecule has 1 unspecified atom stereocenters. The third-order valence-electron chi connectivity index (χ3n) is 3.59. The van der Waals surface area contributed by atoms with Crippen molar-refractivity contribution in [2.45, 2.75) is 19.3 Å². The van der Waals surface area contributed by atoms with Crippen LogP contribution in [0.4, 0.5) is 0 Å². The van der Waals surface area contributed by atoms with Crippen molar-refractivity contribution in [2.75, 3.05) is 19.7 Å². The number of hydrogen-bond donors (Lipinski definition) is 1. The summed E-state index contributed by atoms with van der Waals surface area (Å²) in [6, 6.07) is 9.84. The molecule has 3 nitrogen and oxygen atoms in total. The van der Waals surface area contributed by atoms with Gasteiger partial charge in [-0.3, -0.25) is 4.79 Å². The highest BCUT2D eigenvalue weighted by Gasteiger charge is 2.21. The Morgan fingerprint density at radius 3 is 2.89 bits per heavy atom. The topological polar surface area (TPSA) is 40.5 Å². The standard InChI is InChI=1S/C16H21NO2/c18-12-10-15-7-4-11-17(13-15)16(19)9-8-14-5-2-1-3-6-14/h1-3,5-6,8-9,15,18H,4,7,10-13H2/b9-8+. The lowest BCUT2D eigenvalue weighted by atomic mass is 9.95. The van der Waals surface area contributed by atoms with Gasteiger partial charge in [0.25, 0.3) is 0 Å². The molecule has 0 spiro atoms. The second kappa shape index (κ2) is 7.10. The number of carbonyl (C=O) groups is 1. The first-order valence-corrected chi connectivity index (χ1v) is 6.92. The van der Waals surface area contributed by atoms with Crippen LogP contribution in [0.15, 0.2) is 36.4 Å². The van der Waals surface area contributed by atoms with Crippen LogP contribution >= 0.6 is 0 Å².